The first-order valence-electron chi connectivity index (χ1n) is 10.4. The third kappa shape index (κ3) is 5.38. The highest BCUT2D eigenvalue weighted by Gasteiger charge is 2.35. The van der Waals surface area contributed by atoms with Gasteiger partial charge in [-0.3, -0.25) is 9.59 Å². The van der Waals surface area contributed by atoms with Crippen molar-refractivity contribution in [2.24, 2.45) is 0 Å². The largest absolute Gasteiger partial charge is 0.493 e. The van der Waals surface area contributed by atoms with E-state index in [1.54, 1.807) is 44.6 Å². The summed E-state index contributed by atoms with van der Waals surface area (Å²) < 4.78 is 21.3. The quantitative estimate of drug-likeness (QED) is 0.623. The van der Waals surface area contributed by atoms with Crippen LogP contribution >= 0.6 is 0 Å². The second-order valence-electron chi connectivity index (χ2n) is 7.48. The van der Waals surface area contributed by atoms with Crippen molar-refractivity contribution < 1.29 is 28.2 Å². The van der Waals surface area contributed by atoms with E-state index in [2.05, 4.69) is 5.32 Å². The lowest BCUT2D eigenvalue weighted by atomic mass is 10.0. The zero-order valence-electron chi connectivity index (χ0n) is 18.3. The maximum absolute atomic E-state index is 13.5. The molecular weight excluding hydrogens is 400 g/mol. The van der Waals surface area contributed by atoms with Crippen LogP contribution in [-0.2, 0) is 9.53 Å². The predicted octanol–water partition coefficient (Wildman–Crippen LogP) is 3.19. The van der Waals surface area contributed by atoms with E-state index in [1.165, 1.54) is 18.3 Å². The van der Waals surface area contributed by atoms with Crippen LogP contribution in [0.25, 0.3) is 0 Å². The summed E-state index contributed by atoms with van der Waals surface area (Å²) in [7, 11) is 4.64. The van der Waals surface area contributed by atoms with Gasteiger partial charge in [0.2, 0.25) is 5.91 Å². The van der Waals surface area contributed by atoms with E-state index in [0.29, 0.717) is 17.1 Å². The van der Waals surface area contributed by atoms with Crippen LogP contribution in [0.3, 0.4) is 0 Å². The summed E-state index contributed by atoms with van der Waals surface area (Å²) >= 11 is 0. The van der Waals surface area contributed by atoms with Gasteiger partial charge in [-0.25, -0.2) is 0 Å². The number of nitrogens with zero attached hydrogens (tertiary/aromatic N) is 1. The van der Waals surface area contributed by atoms with Gasteiger partial charge in [0.15, 0.2) is 17.3 Å². The average Bonchev–Trinajstić information content (AvgIpc) is 3.50. The van der Waals surface area contributed by atoms with Gasteiger partial charge in [0, 0.05) is 19.7 Å². The molecule has 0 bridgehead atoms. The number of hydrogen-bond donors (Lipinski definition) is 1. The molecule has 31 heavy (non-hydrogen) atoms. The SMILES string of the molecule is COCCN(C(=O)c1ccco1)[C@H](C(=O)NC1CCCC1)c1ccc(OC)c(OC)c1. The number of rotatable bonds is 10. The normalized spacial score (nSPS) is 14.8. The van der Waals surface area contributed by atoms with E-state index in [1.807, 2.05) is 0 Å². The van der Waals surface area contributed by atoms with Gasteiger partial charge >= 0.3 is 0 Å². The zero-order chi connectivity index (χ0) is 22.2. The third-order valence-corrected chi connectivity index (χ3v) is 5.51. The van der Waals surface area contributed by atoms with Crippen molar-refractivity contribution in [3.8, 4) is 11.5 Å². The molecule has 8 nitrogen and oxygen atoms in total. The van der Waals surface area contributed by atoms with Gasteiger partial charge in [0.05, 0.1) is 27.1 Å². The topological polar surface area (TPSA) is 90.2 Å². The fraction of sp³-hybridized carbons (Fsp3) is 0.478. The van der Waals surface area contributed by atoms with Crippen molar-refractivity contribution in [2.75, 3.05) is 34.5 Å². The van der Waals surface area contributed by atoms with Crippen molar-refractivity contribution >= 4 is 11.8 Å². The fourth-order valence-corrected chi connectivity index (χ4v) is 3.93. The van der Waals surface area contributed by atoms with E-state index >= 15 is 0 Å². The average molecular weight is 431 g/mol. The molecule has 1 aliphatic carbocycles. The van der Waals surface area contributed by atoms with Gasteiger partial charge in [-0.05, 0) is 42.7 Å². The number of benzene rings is 1. The number of hydrogen-bond acceptors (Lipinski definition) is 6. The number of nitrogens with one attached hydrogen (secondary N) is 1. The van der Waals surface area contributed by atoms with Gasteiger partial charge in [0.25, 0.3) is 5.91 Å². The fourth-order valence-electron chi connectivity index (χ4n) is 3.93. The van der Waals surface area contributed by atoms with E-state index in [9.17, 15) is 9.59 Å². The Bertz CT molecular complexity index is 861. The van der Waals surface area contributed by atoms with Gasteiger partial charge in [-0.15, -0.1) is 0 Å². The molecule has 1 aromatic carbocycles. The molecule has 1 heterocycles. The Balaban J connectivity index is 2.01. The van der Waals surface area contributed by atoms with Crippen LogP contribution in [0.5, 0.6) is 11.5 Å². The standard InChI is InChI=1S/C23H30N2O6/c1-28-14-12-25(23(27)19-9-6-13-31-19)21(22(26)24-17-7-4-5-8-17)16-10-11-18(29-2)20(15-16)30-3/h6,9-11,13,15,17,21H,4-5,7-8,12,14H2,1-3H3,(H,24,26)/t21-/m0/s1. The van der Waals surface area contributed by atoms with Crippen LogP contribution in [0.2, 0.25) is 0 Å². The summed E-state index contributed by atoms with van der Waals surface area (Å²) in [6, 6.07) is 7.69. The maximum Gasteiger partial charge on any atom is 0.290 e. The minimum Gasteiger partial charge on any atom is -0.493 e. The number of carbonyl (C=O) groups is 2. The lowest BCUT2D eigenvalue weighted by Crippen LogP contribution is -2.47. The molecule has 1 N–H and O–H groups in total. The van der Waals surface area contributed by atoms with Crippen LogP contribution < -0.4 is 14.8 Å². The summed E-state index contributed by atoms with van der Waals surface area (Å²) in [5, 5.41) is 3.12. The number of carbonyl (C=O) groups excluding carboxylic acids is 2. The smallest absolute Gasteiger partial charge is 0.290 e. The van der Waals surface area contributed by atoms with Crippen molar-refractivity contribution in [1.82, 2.24) is 10.2 Å². The van der Waals surface area contributed by atoms with Gasteiger partial charge < -0.3 is 28.8 Å². The monoisotopic (exact) mass is 430 g/mol. The van der Waals surface area contributed by atoms with Gasteiger partial charge in [0.1, 0.15) is 6.04 Å². The van der Waals surface area contributed by atoms with Crippen molar-refractivity contribution in [2.45, 2.75) is 37.8 Å². The van der Waals surface area contributed by atoms with E-state index in [-0.39, 0.29) is 36.8 Å². The zero-order valence-corrected chi connectivity index (χ0v) is 18.3. The lowest BCUT2D eigenvalue weighted by Gasteiger charge is -2.31. The molecule has 1 atom stereocenters. The van der Waals surface area contributed by atoms with Crippen LogP contribution in [0, 0.1) is 0 Å². The first-order valence-corrected chi connectivity index (χ1v) is 10.4. The molecule has 0 radical (unpaired) electrons. The Morgan fingerprint density at radius 3 is 2.48 bits per heavy atom. The Kier molecular flexibility index (Phi) is 7.94. The molecule has 0 unspecified atom stereocenters. The van der Waals surface area contributed by atoms with E-state index in [4.69, 9.17) is 18.6 Å². The highest BCUT2D eigenvalue weighted by molar-refractivity contribution is 5.96. The molecule has 1 saturated carbocycles. The predicted molar refractivity (Wildman–Crippen MR) is 114 cm³/mol. The summed E-state index contributed by atoms with van der Waals surface area (Å²) in [5.41, 5.74) is 0.615. The van der Waals surface area contributed by atoms with Gasteiger partial charge in [-0.1, -0.05) is 18.9 Å². The third-order valence-electron chi connectivity index (χ3n) is 5.51. The number of methoxy groups -OCH3 is 3. The molecule has 2 amide bonds. The first kappa shape index (κ1) is 22.7. The molecule has 0 spiro atoms. The molecule has 168 valence electrons. The number of ether oxygens (including phenoxy) is 3. The van der Waals surface area contributed by atoms with E-state index in [0.717, 1.165) is 25.7 Å². The van der Waals surface area contributed by atoms with Crippen LogP contribution in [0.15, 0.2) is 41.0 Å². The molecule has 2 aromatic rings. The maximum atomic E-state index is 13.5. The Morgan fingerprint density at radius 1 is 1.13 bits per heavy atom. The molecule has 8 heteroatoms. The minimum atomic E-state index is -0.881. The summed E-state index contributed by atoms with van der Waals surface area (Å²) in [4.78, 5) is 28.3. The van der Waals surface area contributed by atoms with Gasteiger partial charge in [-0.2, -0.15) is 0 Å². The highest BCUT2D eigenvalue weighted by Crippen LogP contribution is 2.33. The van der Waals surface area contributed by atoms with Crippen molar-refractivity contribution in [3.05, 3.63) is 47.9 Å². The number of amides is 2. The second kappa shape index (κ2) is 10.9. The molecule has 0 saturated heterocycles. The number of furan rings is 1. The van der Waals surface area contributed by atoms with Crippen LogP contribution in [0.1, 0.15) is 47.8 Å². The highest BCUT2D eigenvalue weighted by atomic mass is 16.5. The van der Waals surface area contributed by atoms with Crippen LogP contribution in [0.4, 0.5) is 0 Å². The van der Waals surface area contributed by atoms with Crippen molar-refractivity contribution in [1.29, 1.82) is 0 Å². The van der Waals surface area contributed by atoms with Crippen molar-refractivity contribution in [3.63, 3.8) is 0 Å². The molecular formula is C23H30N2O6. The lowest BCUT2D eigenvalue weighted by molar-refractivity contribution is -0.126. The molecule has 0 aliphatic heterocycles. The minimum absolute atomic E-state index is 0.109. The summed E-state index contributed by atoms with van der Waals surface area (Å²) in [6.07, 6.45) is 5.49. The molecule has 1 fully saturated rings. The summed E-state index contributed by atoms with van der Waals surface area (Å²) in [5.74, 6) is 0.562. The Labute approximate surface area is 182 Å². The molecule has 1 aliphatic rings. The Hall–Kier alpha value is -3.00. The van der Waals surface area contributed by atoms with E-state index < -0.39 is 6.04 Å². The first-order chi connectivity index (χ1) is 15.1. The Morgan fingerprint density at radius 2 is 1.87 bits per heavy atom. The second-order valence-corrected chi connectivity index (χ2v) is 7.48. The molecule has 3 rings (SSSR count). The summed E-state index contributed by atoms with van der Waals surface area (Å²) in [6.45, 7) is 0.486. The molecule has 1 aromatic heterocycles. The van der Waals surface area contributed by atoms with Crippen LogP contribution in [-0.4, -0.2) is 57.2 Å².